The molecule has 0 unspecified atom stereocenters. The highest BCUT2D eigenvalue weighted by Crippen LogP contribution is 2.19. The van der Waals surface area contributed by atoms with Gasteiger partial charge in [0, 0.05) is 12.4 Å². The monoisotopic (exact) mass is 157 g/mol. The first-order valence-electron chi connectivity index (χ1n) is 4.21. The summed E-state index contributed by atoms with van der Waals surface area (Å²) >= 11 is 0. The van der Waals surface area contributed by atoms with Crippen molar-refractivity contribution >= 4 is 6.21 Å². The fraction of sp³-hybridized carbons (Fsp3) is 0.182. The van der Waals surface area contributed by atoms with Gasteiger partial charge in [-0.1, -0.05) is 30.4 Å². The van der Waals surface area contributed by atoms with E-state index in [-0.39, 0.29) is 0 Å². The molecule has 60 valence electrons. The fourth-order valence-electron chi connectivity index (χ4n) is 1.38. The van der Waals surface area contributed by atoms with Gasteiger partial charge in [-0.25, -0.2) is 0 Å². The average molecular weight is 157 g/mol. The van der Waals surface area contributed by atoms with Crippen LogP contribution in [0.3, 0.4) is 0 Å². The van der Waals surface area contributed by atoms with Gasteiger partial charge in [-0.15, -0.1) is 0 Å². The Kier molecular flexibility index (Phi) is 2.04. The van der Waals surface area contributed by atoms with E-state index in [0.717, 1.165) is 12.8 Å². The van der Waals surface area contributed by atoms with Crippen molar-refractivity contribution in [1.82, 2.24) is 0 Å². The number of hydrogen-bond donors (Lipinski definition) is 0. The van der Waals surface area contributed by atoms with E-state index in [2.05, 4.69) is 35.4 Å². The number of nitrogens with zero attached hydrogens (tertiary/aromatic N) is 1. The predicted octanol–water partition coefficient (Wildman–Crippen LogP) is 2.79. The molecule has 0 fully saturated rings. The lowest BCUT2D eigenvalue weighted by atomic mass is 10.0. The third-order valence-corrected chi connectivity index (χ3v) is 2.03. The van der Waals surface area contributed by atoms with Crippen LogP contribution in [0.2, 0.25) is 0 Å². The standard InChI is InChI=1S/C11H11N/c1-2-5-10-7-4-8-12-9-11(10)6-3-1/h1,3-6,8-9H,2,7H2. The Morgan fingerprint density at radius 1 is 1.25 bits per heavy atom. The van der Waals surface area contributed by atoms with Crippen molar-refractivity contribution < 1.29 is 0 Å². The number of aliphatic imine (C=N–C) groups is 1. The lowest BCUT2D eigenvalue weighted by Crippen LogP contribution is -1.87. The van der Waals surface area contributed by atoms with Gasteiger partial charge in [-0.2, -0.15) is 0 Å². The van der Waals surface area contributed by atoms with Gasteiger partial charge < -0.3 is 0 Å². The van der Waals surface area contributed by atoms with Gasteiger partial charge in [0.1, 0.15) is 0 Å². The molecule has 0 atom stereocenters. The van der Waals surface area contributed by atoms with E-state index >= 15 is 0 Å². The van der Waals surface area contributed by atoms with Crippen molar-refractivity contribution in [3.05, 3.63) is 47.7 Å². The Morgan fingerprint density at radius 2 is 2.25 bits per heavy atom. The van der Waals surface area contributed by atoms with Gasteiger partial charge in [0.05, 0.1) is 0 Å². The molecular weight excluding hydrogens is 146 g/mol. The molecule has 0 amide bonds. The summed E-state index contributed by atoms with van der Waals surface area (Å²) in [5.74, 6) is 0. The molecule has 0 saturated carbocycles. The molecule has 1 heterocycles. The van der Waals surface area contributed by atoms with Gasteiger partial charge in [-0.3, -0.25) is 4.99 Å². The number of hydrogen-bond acceptors (Lipinski definition) is 1. The highest BCUT2D eigenvalue weighted by molar-refractivity contribution is 5.86. The van der Waals surface area contributed by atoms with Crippen LogP contribution in [0.5, 0.6) is 0 Å². The van der Waals surface area contributed by atoms with Crippen molar-refractivity contribution in [2.45, 2.75) is 12.8 Å². The summed E-state index contributed by atoms with van der Waals surface area (Å²) in [5.41, 5.74) is 2.63. The van der Waals surface area contributed by atoms with Crippen molar-refractivity contribution in [2.75, 3.05) is 0 Å². The first-order valence-corrected chi connectivity index (χ1v) is 4.21. The largest absolute Gasteiger partial charge is 0.264 e. The van der Waals surface area contributed by atoms with E-state index in [0.29, 0.717) is 0 Å². The number of allylic oxidation sites excluding steroid dienone is 7. The zero-order valence-electron chi connectivity index (χ0n) is 6.90. The van der Waals surface area contributed by atoms with Gasteiger partial charge in [-0.05, 0) is 24.0 Å². The Labute approximate surface area is 72.5 Å². The van der Waals surface area contributed by atoms with Crippen molar-refractivity contribution in [2.24, 2.45) is 4.99 Å². The summed E-state index contributed by atoms with van der Waals surface area (Å²) in [6, 6.07) is 0. The molecule has 1 aliphatic heterocycles. The molecule has 0 aromatic carbocycles. The predicted molar refractivity (Wildman–Crippen MR) is 52.2 cm³/mol. The maximum absolute atomic E-state index is 4.15. The van der Waals surface area contributed by atoms with Gasteiger partial charge >= 0.3 is 0 Å². The second kappa shape index (κ2) is 3.35. The van der Waals surface area contributed by atoms with Gasteiger partial charge in [0.15, 0.2) is 0 Å². The molecule has 0 radical (unpaired) electrons. The van der Waals surface area contributed by atoms with Crippen molar-refractivity contribution in [3.8, 4) is 0 Å². The van der Waals surface area contributed by atoms with Crippen LogP contribution in [0.25, 0.3) is 0 Å². The van der Waals surface area contributed by atoms with Crippen LogP contribution in [0.4, 0.5) is 0 Å². The molecule has 1 heteroatoms. The molecule has 0 aromatic rings. The molecule has 0 spiro atoms. The minimum atomic E-state index is 1.01. The third kappa shape index (κ3) is 1.45. The van der Waals surface area contributed by atoms with E-state index < -0.39 is 0 Å². The van der Waals surface area contributed by atoms with E-state index in [9.17, 15) is 0 Å². The maximum Gasteiger partial charge on any atom is 0.0342 e. The zero-order chi connectivity index (χ0) is 8.23. The summed E-state index contributed by atoms with van der Waals surface area (Å²) in [6.07, 6.45) is 16.6. The Bertz CT molecular complexity index is 314. The maximum atomic E-state index is 4.15. The highest BCUT2D eigenvalue weighted by atomic mass is 14.7. The third-order valence-electron chi connectivity index (χ3n) is 2.03. The summed E-state index contributed by atoms with van der Waals surface area (Å²) in [6.45, 7) is 0. The lowest BCUT2D eigenvalue weighted by molar-refractivity contribution is 1.23. The minimum absolute atomic E-state index is 1.01. The topological polar surface area (TPSA) is 12.4 Å². The summed E-state index contributed by atoms with van der Waals surface area (Å²) < 4.78 is 0. The molecule has 2 aliphatic rings. The SMILES string of the molecule is C1=CCC=C2CC=CN=CC2=C1. The van der Waals surface area contributed by atoms with Crippen LogP contribution < -0.4 is 0 Å². The minimum Gasteiger partial charge on any atom is -0.264 e. The molecule has 1 aliphatic carbocycles. The number of fused-ring (bicyclic) bond motifs is 1. The van der Waals surface area contributed by atoms with Crippen molar-refractivity contribution in [3.63, 3.8) is 0 Å². The average Bonchev–Trinajstić information content (AvgIpc) is 2.38. The van der Waals surface area contributed by atoms with Gasteiger partial charge in [0.2, 0.25) is 0 Å². The molecule has 12 heavy (non-hydrogen) atoms. The van der Waals surface area contributed by atoms with E-state index in [1.165, 1.54) is 11.1 Å². The summed E-state index contributed by atoms with van der Waals surface area (Å²) in [7, 11) is 0. The molecule has 0 N–H and O–H groups in total. The van der Waals surface area contributed by atoms with Crippen LogP contribution in [-0.4, -0.2) is 6.21 Å². The molecule has 0 bridgehead atoms. The van der Waals surface area contributed by atoms with Crippen molar-refractivity contribution in [1.29, 1.82) is 0 Å². The smallest absolute Gasteiger partial charge is 0.0342 e. The zero-order valence-corrected chi connectivity index (χ0v) is 6.90. The molecule has 0 aromatic heterocycles. The van der Waals surface area contributed by atoms with Crippen LogP contribution in [-0.2, 0) is 0 Å². The number of rotatable bonds is 0. The van der Waals surface area contributed by atoms with Crippen LogP contribution in [0.15, 0.2) is 52.7 Å². The fourth-order valence-corrected chi connectivity index (χ4v) is 1.38. The molecule has 1 nitrogen and oxygen atoms in total. The summed E-state index contributed by atoms with van der Waals surface area (Å²) in [4.78, 5) is 4.15. The lowest BCUT2D eigenvalue weighted by Gasteiger charge is -2.00. The first-order chi connectivity index (χ1) is 5.97. The van der Waals surface area contributed by atoms with Crippen LogP contribution in [0.1, 0.15) is 12.8 Å². The molecule has 2 rings (SSSR count). The Morgan fingerprint density at radius 3 is 3.25 bits per heavy atom. The van der Waals surface area contributed by atoms with E-state index in [1.54, 1.807) is 0 Å². The van der Waals surface area contributed by atoms with Gasteiger partial charge in [0.25, 0.3) is 0 Å². The highest BCUT2D eigenvalue weighted by Gasteiger charge is 2.03. The molecular formula is C11H11N. The second-order valence-electron chi connectivity index (χ2n) is 2.88. The Balaban J connectivity index is 2.38. The normalized spacial score (nSPS) is 20.7. The summed E-state index contributed by atoms with van der Waals surface area (Å²) in [5, 5.41) is 0. The Hall–Kier alpha value is -1.37. The van der Waals surface area contributed by atoms with Crippen LogP contribution >= 0.6 is 0 Å². The second-order valence-corrected chi connectivity index (χ2v) is 2.88. The molecule has 0 saturated heterocycles. The first kappa shape index (κ1) is 7.29. The van der Waals surface area contributed by atoms with E-state index in [1.807, 2.05) is 12.4 Å². The quantitative estimate of drug-likeness (QED) is 0.512. The van der Waals surface area contributed by atoms with Crippen LogP contribution in [0, 0.1) is 0 Å². The van der Waals surface area contributed by atoms with E-state index in [4.69, 9.17) is 0 Å².